The van der Waals surface area contributed by atoms with Gasteiger partial charge in [-0.1, -0.05) is 0 Å². The van der Waals surface area contributed by atoms with Crippen molar-refractivity contribution in [1.29, 1.82) is 0 Å². The van der Waals surface area contributed by atoms with Gasteiger partial charge in [-0.05, 0) is 0 Å². The van der Waals surface area contributed by atoms with Crippen molar-refractivity contribution >= 4 is 5.91 Å². The largest absolute Gasteiger partial charge is 0.384 e. The van der Waals surface area contributed by atoms with Gasteiger partial charge in [-0.2, -0.15) is 0 Å². The molecule has 0 heterocycles. The van der Waals surface area contributed by atoms with E-state index in [4.69, 9.17) is 0 Å². The number of quaternary nitrogens is 1. The second-order valence-corrected chi connectivity index (χ2v) is 1.28. The lowest BCUT2D eigenvalue weighted by Gasteiger charge is -1.86. The first-order chi connectivity index (χ1) is 3.27. The highest BCUT2D eigenvalue weighted by atomic mass is 16.5. The minimum Gasteiger partial charge on any atom is -0.384 e. The average molecular weight is 104 g/mol. The van der Waals surface area contributed by atoms with E-state index in [9.17, 15) is 4.79 Å². The van der Waals surface area contributed by atoms with Crippen molar-refractivity contribution in [2.24, 2.45) is 0 Å². The molecular weight excluding hydrogens is 94.0 g/mol. The maximum Gasteiger partial charge on any atom is 0.311 e. The van der Waals surface area contributed by atoms with Crippen LogP contribution in [0, 0.1) is 0 Å². The van der Waals surface area contributed by atoms with Crippen molar-refractivity contribution in [3.8, 4) is 0 Å². The highest BCUT2D eigenvalue weighted by molar-refractivity contribution is 5.64. The van der Waals surface area contributed by atoms with Crippen LogP contribution in [0.15, 0.2) is 0 Å². The summed E-state index contributed by atoms with van der Waals surface area (Å²) in [6, 6.07) is 0. The molecule has 0 saturated carbocycles. The Balaban J connectivity index is 2.82. The summed E-state index contributed by atoms with van der Waals surface area (Å²) in [5, 5.41) is 0. The fourth-order valence-corrected chi connectivity index (χ4v) is 0.216. The fraction of sp³-hybridized carbons (Fsp3) is 0.750. The van der Waals surface area contributed by atoms with Crippen LogP contribution in [-0.2, 0) is 9.53 Å². The molecule has 0 spiro atoms. The third-order valence-corrected chi connectivity index (χ3v) is 0.585. The summed E-state index contributed by atoms with van der Waals surface area (Å²) in [6.07, 6.45) is 0.427. The van der Waals surface area contributed by atoms with Crippen LogP contribution in [0.1, 0.15) is 6.42 Å². The normalized spacial score (nSPS) is 8.86. The summed E-state index contributed by atoms with van der Waals surface area (Å²) in [6.45, 7) is 0.488. The van der Waals surface area contributed by atoms with Gasteiger partial charge in [0.1, 0.15) is 0 Å². The highest BCUT2D eigenvalue weighted by Gasteiger charge is 1.93. The smallest absolute Gasteiger partial charge is 0.311 e. The van der Waals surface area contributed by atoms with Gasteiger partial charge in [0.15, 0.2) is 0 Å². The zero-order chi connectivity index (χ0) is 5.70. The molecule has 0 aliphatic carbocycles. The lowest BCUT2D eigenvalue weighted by atomic mass is 10.4. The van der Waals surface area contributed by atoms with Gasteiger partial charge in [0.2, 0.25) is 0 Å². The lowest BCUT2D eigenvalue weighted by Crippen LogP contribution is -2.57. The van der Waals surface area contributed by atoms with Gasteiger partial charge >= 0.3 is 5.91 Å². The van der Waals surface area contributed by atoms with E-state index in [2.05, 4.69) is 10.5 Å². The summed E-state index contributed by atoms with van der Waals surface area (Å²) in [4.78, 5) is 10.0. The van der Waals surface area contributed by atoms with E-state index in [1.807, 2.05) is 0 Å². The summed E-state index contributed by atoms with van der Waals surface area (Å²) in [5.74, 6) is -0.0677. The number of methoxy groups -OCH3 is 1. The summed E-state index contributed by atoms with van der Waals surface area (Å²) in [7, 11) is 1.56. The zero-order valence-electron chi connectivity index (χ0n) is 4.44. The maximum absolute atomic E-state index is 10.0. The number of amides is 1. The molecule has 0 aromatic heterocycles. The molecule has 3 heteroatoms. The molecule has 7 heavy (non-hydrogen) atoms. The third-order valence-electron chi connectivity index (χ3n) is 0.585. The van der Waals surface area contributed by atoms with Crippen LogP contribution in [-0.4, -0.2) is 19.6 Å². The molecule has 0 rings (SSSR count). The van der Waals surface area contributed by atoms with Crippen molar-refractivity contribution in [3.05, 3.63) is 0 Å². The highest BCUT2D eigenvalue weighted by Crippen LogP contribution is 1.72. The minimum absolute atomic E-state index is 0.0677. The molecule has 1 amide bonds. The molecule has 0 bridgehead atoms. The number of carbonyl (C=O) groups excluding carboxylic acids is 1. The van der Waals surface area contributed by atoms with Gasteiger partial charge in [0.25, 0.3) is 0 Å². The molecule has 0 unspecified atom stereocenters. The van der Waals surface area contributed by atoms with Crippen molar-refractivity contribution in [2.45, 2.75) is 6.42 Å². The molecule has 0 aliphatic heterocycles. The second kappa shape index (κ2) is 3.77. The molecule has 0 aromatic carbocycles. The number of hydrogen-bond acceptors (Lipinski definition) is 2. The van der Waals surface area contributed by atoms with E-state index in [1.165, 1.54) is 0 Å². The first kappa shape index (κ1) is 6.59. The molecule has 3 N–H and O–H groups in total. The number of carbonyl (C=O) groups is 1. The molecule has 0 aromatic rings. The quantitative estimate of drug-likeness (QED) is 0.488. The number of ether oxygens (including phenoxy) is 1. The van der Waals surface area contributed by atoms with E-state index in [0.29, 0.717) is 13.0 Å². The van der Waals surface area contributed by atoms with Crippen LogP contribution in [0.2, 0.25) is 0 Å². The molecular formula is C4H10NO2+. The predicted molar refractivity (Wildman–Crippen MR) is 24.4 cm³/mol. The van der Waals surface area contributed by atoms with Gasteiger partial charge in [-0.15, -0.1) is 0 Å². The van der Waals surface area contributed by atoms with Crippen LogP contribution in [0.25, 0.3) is 0 Å². The standard InChI is InChI=1S/C4H9NO2/c1-7-3-2-4(5)6/h2-3H2,1H3,(H2,5,6)/p+1. The third kappa shape index (κ3) is 5.59. The number of rotatable bonds is 3. The van der Waals surface area contributed by atoms with E-state index in [1.54, 1.807) is 7.11 Å². The first-order valence-electron chi connectivity index (χ1n) is 2.11. The van der Waals surface area contributed by atoms with Crippen molar-refractivity contribution in [2.75, 3.05) is 13.7 Å². The summed E-state index contributed by atoms with van der Waals surface area (Å²) >= 11 is 0. The predicted octanol–water partition coefficient (Wildman–Crippen LogP) is -1.21. The maximum atomic E-state index is 10.0. The van der Waals surface area contributed by atoms with E-state index in [-0.39, 0.29) is 5.91 Å². The minimum atomic E-state index is -0.0677. The van der Waals surface area contributed by atoms with Crippen LogP contribution in [0.3, 0.4) is 0 Å². The SMILES string of the molecule is COCCC([NH3+])=O. The van der Waals surface area contributed by atoms with Gasteiger partial charge < -0.3 is 4.74 Å². The zero-order valence-corrected chi connectivity index (χ0v) is 4.44. The first-order valence-corrected chi connectivity index (χ1v) is 2.11. The van der Waals surface area contributed by atoms with E-state index >= 15 is 0 Å². The Morgan fingerprint density at radius 2 is 2.43 bits per heavy atom. The Morgan fingerprint density at radius 1 is 1.86 bits per heavy atom. The van der Waals surface area contributed by atoms with E-state index in [0.717, 1.165) is 0 Å². The van der Waals surface area contributed by atoms with Crippen molar-refractivity contribution < 1.29 is 15.3 Å². The van der Waals surface area contributed by atoms with Gasteiger partial charge in [0, 0.05) is 7.11 Å². The van der Waals surface area contributed by atoms with Crippen molar-refractivity contribution in [1.82, 2.24) is 0 Å². The van der Waals surface area contributed by atoms with Gasteiger partial charge in [-0.3, -0.25) is 5.73 Å². The van der Waals surface area contributed by atoms with Crippen LogP contribution >= 0.6 is 0 Å². The van der Waals surface area contributed by atoms with Crippen molar-refractivity contribution in [3.63, 3.8) is 0 Å². The monoisotopic (exact) mass is 104 g/mol. The Bertz CT molecular complexity index is 62.7. The summed E-state index contributed by atoms with van der Waals surface area (Å²) in [5.41, 5.74) is 3.16. The second-order valence-electron chi connectivity index (χ2n) is 1.28. The molecule has 0 fully saturated rings. The molecule has 0 aliphatic rings. The molecule has 0 saturated heterocycles. The molecule has 0 atom stereocenters. The van der Waals surface area contributed by atoms with Gasteiger partial charge in [-0.25, -0.2) is 4.79 Å². The topological polar surface area (TPSA) is 53.9 Å². The Labute approximate surface area is 42.4 Å². The summed E-state index contributed by atoms with van der Waals surface area (Å²) < 4.78 is 4.59. The van der Waals surface area contributed by atoms with E-state index < -0.39 is 0 Å². The molecule has 3 nitrogen and oxygen atoms in total. The Kier molecular flexibility index (Phi) is 3.55. The average Bonchev–Trinajstić information content (AvgIpc) is 1.61. The Hall–Kier alpha value is -0.410. The lowest BCUT2D eigenvalue weighted by molar-refractivity contribution is -0.306. The van der Waals surface area contributed by atoms with Crippen LogP contribution < -0.4 is 5.73 Å². The molecule has 42 valence electrons. The van der Waals surface area contributed by atoms with Crippen LogP contribution in [0.4, 0.5) is 0 Å². The molecule has 0 radical (unpaired) electrons. The fourth-order valence-electron chi connectivity index (χ4n) is 0.216. The Morgan fingerprint density at radius 3 is 2.57 bits per heavy atom. The van der Waals surface area contributed by atoms with Crippen LogP contribution in [0.5, 0.6) is 0 Å². The number of hydrogen-bond donors (Lipinski definition) is 1. The van der Waals surface area contributed by atoms with Gasteiger partial charge in [0.05, 0.1) is 13.0 Å².